The van der Waals surface area contributed by atoms with Crippen LogP contribution < -0.4 is 14.5 Å². The zero-order chi connectivity index (χ0) is 23.0. The lowest BCUT2D eigenvalue weighted by Crippen LogP contribution is -2.39. The van der Waals surface area contributed by atoms with Crippen LogP contribution in [0.25, 0.3) is 0 Å². The van der Waals surface area contributed by atoms with Crippen LogP contribution in [0.15, 0.2) is 93.3 Å². The maximum absolute atomic E-state index is 13.4. The van der Waals surface area contributed by atoms with E-state index in [1.54, 1.807) is 49.4 Å². The highest BCUT2D eigenvalue weighted by Crippen LogP contribution is 2.32. The Hall–Kier alpha value is -3.17. The van der Waals surface area contributed by atoms with Gasteiger partial charge in [0.15, 0.2) is 0 Å². The van der Waals surface area contributed by atoms with E-state index in [0.717, 1.165) is 14.3 Å². The molecule has 3 aromatic carbocycles. The molecule has 0 aliphatic carbocycles. The summed E-state index contributed by atoms with van der Waals surface area (Å²) < 4.78 is 34.3. The molecule has 0 bridgehead atoms. The number of carbonyl (C=O) groups excluding carboxylic acids is 1. The molecule has 0 fully saturated rings. The van der Waals surface area contributed by atoms with Gasteiger partial charge in [0.25, 0.3) is 15.9 Å². The standard InChI is InChI=1S/C23H22BrN3O4S/c1-2-31-22-15-9-8-14-21(22)27(32(29,30)19-11-4-3-5-12-19)17-23(28)26-25-16-18-10-6-7-13-20(18)24/h3-16H,2,17H2,1H3,(H,26,28)/b25-16+. The van der Waals surface area contributed by atoms with E-state index in [2.05, 4.69) is 26.5 Å². The Kier molecular flexibility index (Phi) is 8.02. The van der Waals surface area contributed by atoms with E-state index < -0.39 is 22.5 Å². The number of ether oxygens (including phenoxy) is 1. The third-order valence-corrected chi connectivity index (χ3v) is 6.85. The number of nitrogens with zero attached hydrogens (tertiary/aromatic N) is 2. The summed E-state index contributed by atoms with van der Waals surface area (Å²) in [6.07, 6.45) is 1.48. The molecule has 0 atom stereocenters. The van der Waals surface area contributed by atoms with Crippen molar-refractivity contribution >= 4 is 43.8 Å². The number of para-hydroxylation sites is 2. The summed E-state index contributed by atoms with van der Waals surface area (Å²) in [7, 11) is -4.04. The second kappa shape index (κ2) is 10.9. The third-order valence-electron chi connectivity index (χ3n) is 4.35. The molecule has 3 rings (SSSR count). The molecule has 7 nitrogen and oxygen atoms in total. The molecule has 0 saturated heterocycles. The molecule has 0 saturated carbocycles. The van der Waals surface area contributed by atoms with E-state index in [-0.39, 0.29) is 10.6 Å². The molecular weight excluding hydrogens is 494 g/mol. The van der Waals surface area contributed by atoms with Crippen LogP contribution in [-0.4, -0.2) is 33.7 Å². The minimum atomic E-state index is -4.04. The number of amides is 1. The minimum absolute atomic E-state index is 0.0656. The monoisotopic (exact) mass is 515 g/mol. The number of hydrazone groups is 1. The van der Waals surface area contributed by atoms with Gasteiger partial charge in [-0.1, -0.05) is 64.5 Å². The largest absolute Gasteiger partial charge is 0.492 e. The van der Waals surface area contributed by atoms with Gasteiger partial charge < -0.3 is 4.74 Å². The van der Waals surface area contributed by atoms with Crippen LogP contribution in [0.1, 0.15) is 12.5 Å². The van der Waals surface area contributed by atoms with Crippen LogP contribution in [0.3, 0.4) is 0 Å². The van der Waals surface area contributed by atoms with Crippen LogP contribution >= 0.6 is 15.9 Å². The lowest BCUT2D eigenvalue weighted by molar-refractivity contribution is -0.119. The average Bonchev–Trinajstić information content (AvgIpc) is 2.80. The lowest BCUT2D eigenvalue weighted by Gasteiger charge is -2.25. The average molecular weight is 516 g/mol. The smallest absolute Gasteiger partial charge is 0.264 e. The zero-order valence-corrected chi connectivity index (χ0v) is 19.7. The quantitative estimate of drug-likeness (QED) is 0.341. The molecule has 32 heavy (non-hydrogen) atoms. The van der Waals surface area contributed by atoms with E-state index >= 15 is 0 Å². The predicted octanol–water partition coefficient (Wildman–Crippen LogP) is 4.19. The highest BCUT2D eigenvalue weighted by Gasteiger charge is 2.29. The number of halogens is 1. The third kappa shape index (κ3) is 5.74. The van der Waals surface area contributed by atoms with Crippen LogP contribution in [-0.2, 0) is 14.8 Å². The first-order valence-electron chi connectivity index (χ1n) is 9.79. The number of hydrogen-bond donors (Lipinski definition) is 1. The molecule has 0 unspecified atom stereocenters. The number of sulfonamides is 1. The van der Waals surface area contributed by atoms with Crippen molar-refractivity contribution < 1.29 is 17.9 Å². The first kappa shape index (κ1) is 23.5. The van der Waals surface area contributed by atoms with Gasteiger partial charge in [-0.15, -0.1) is 0 Å². The van der Waals surface area contributed by atoms with Gasteiger partial charge in [-0.3, -0.25) is 9.10 Å². The normalized spacial score (nSPS) is 11.3. The maximum Gasteiger partial charge on any atom is 0.264 e. The Bertz CT molecular complexity index is 1200. The van der Waals surface area contributed by atoms with Crippen LogP contribution in [0.5, 0.6) is 5.75 Å². The van der Waals surface area contributed by atoms with E-state index in [1.807, 2.05) is 24.3 Å². The van der Waals surface area contributed by atoms with Crippen molar-refractivity contribution in [1.82, 2.24) is 5.43 Å². The molecule has 0 spiro atoms. The fourth-order valence-electron chi connectivity index (χ4n) is 2.88. The number of anilines is 1. The number of carbonyl (C=O) groups is 1. The molecule has 1 amide bonds. The molecule has 3 aromatic rings. The van der Waals surface area contributed by atoms with E-state index in [9.17, 15) is 13.2 Å². The van der Waals surface area contributed by atoms with Crippen molar-refractivity contribution in [2.75, 3.05) is 17.5 Å². The van der Waals surface area contributed by atoms with E-state index in [0.29, 0.717) is 12.4 Å². The summed E-state index contributed by atoms with van der Waals surface area (Å²) in [6.45, 7) is 1.67. The van der Waals surface area contributed by atoms with E-state index in [4.69, 9.17) is 4.74 Å². The molecule has 0 radical (unpaired) electrons. The summed E-state index contributed by atoms with van der Waals surface area (Å²) in [4.78, 5) is 12.7. The molecule has 0 heterocycles. The van der Waals surface area contributed by atoms with Crippen molar-refractivity contribution in [3.05, 3.63) is 88.9 Å². The first-order valence-corrected chi connectivity index (χ1v) is 12.0. The topological polar surface area (TPSA) is 88.1 Å². The Morgan fingerprint density at radius 2 is 1.69 bits per heavy atom. The van der Waals surface area contributed by atoms with Crippen molar-refractivity contribution in [2.24, 2.45) is 5.10 Å². The Morgan fingerprint density at radius 3 is 2.41 bits per heavy atom. The number of benzene rings is 3. The van der Waals surface area contributed by atoms with Gasteiger partial charge in [0, 0.05) is 10.0 Å². The van der Waals surface area contributed by atoms with E-state index in [1.165, 1.54) is 18.3 Å². The molecule has 166 valence electrons. The summed E-state index contributed by atoms with van der Waals surface area (Å²) >= 11 is 3.40. The SMILES string of the molecule is CCOc1ccccc1N(CC(=O)N/N=C/c1ccccc1Br)S(=O)(=O)c1ccccc1. The van der Waals surface area contributed by atoms with Gasteiger partial charge in [0.1, 0.15) is 12.3 Å². The van der Waals surface area contributed by atoms with Crippen LogP contribution in [0.2, 0.25) is 0 Å². The minimum Gasteiger partial charge on any atom is -0.492 e. The zero-order valence-electron chi connectivity index (χ0n) is 17.3. The predicted molar refractivity (Wildman–Crippen MR) is 128 cm³/mol. The fraction of sp³-hybridized carbons (Fsp3) is 0.130. The van der Waals surface area contributed by atoms with Gasteiger partial charge in [-0.05, 0) is 37.3 Å². The van der Waals surface area contributed by atoms with Crippen LogP contribution in [0, 0.1) is 0 Å². The van der Waals surface area contributed by atoms with Crippen LogP contribution in [0.4, 0.5) is 5.69 Å². The Labute approximate surface area is 195 Å². The summed E-state index contributed by atoms with van der Waals surface area (Å²) in [6, 6.07) is 22.0. The second-order valence-corrected chi connectivity index (χ2v) is 9.26. The lowest BCUT2D eigenvalue weighted by atomic mass is 10.2. The van der Waals surface area contributed by atoms with Gasteiger partial charge >= 0.3 is 0 Å². The number of rotatable bonds is 9. The van der Waals surface area contributed by atoms with Crippen molar-refractivity contribution in [2.45, 2.75) is 11.8 Å². The molecular formula is C23H22BrN3O4S. The fourth-order valence-corrected chi connectivity index (χ4v) is 4.72. The first-order chi connectivity index (χ1) is 15.4. The highest BCUT2D eigenvalue weighted by atomic mass is 79.9. The van der Waals surface area contributed by atoms with Crippen molar-refractivity contribution in [3.63, 3.8) is 0 Å². The molecule has 1 N–H and O–H groups in total. The maximum atomic E-state index is 13.4. The summed E-state index contributed by atoms with van der Waals surface area (Å²) in [5.41, 5.74) is 3.43. The highest BCUT2D eigenvalue weighted by molar-refractivity contribution is 9.10. The Morgan fingerprint density at radius 1 is 1.03 bits per heavy atom. The van der Waals surface area contributed by atoms with Crippen molar-refractivity contribution in [3.8, 4) is 5.75 Å². The number of hydrogen-bond acceptors (Lipinski definition) is 5. The molecule has 0 aliphatic rings. The second-order valence-electron chi connectivity index (χ2n) is 6.54. The molecule has 0 aliphatic heterocycles. The van der Waals surface area contributed by atoms with Crippen molar-refractivity contribution in [1.29, 1.82) is 0 Å². The molecule has 9 heteroatoms. The van der Waals surface area contributed by atoms with Gasteiger partial charge in [0.05, 0.1) is 23.4 Å². The molecule has 0 aromatic heterocycles. The van der Waals surface area contributed by atoms with Gasteiger partial charge in [-0.25, -0.2) is 13.8 Å². The number of nitrogens with one attached hydrogen (secondary N) is 1. The Balaban J connectivity index is 1.90. The van der Waals surface area contributed by atoms with Gasteiger partial charge in [-0.2, -0.15) is 5.10 Å². The summed E-state index contributed by atoms with van der Waals surface area (Å²) in [5, 5.41) is 3.96. The van der Waals surface area contributed by atoms with Gasteiger partial charge in [0.2, 0.25) is 0 Å². The summed E-state index contributed by atoms with van der Waals surface area (Å²) in [5.74, 6) is -0.238.